The maximum absolute atomic E-state index is 4.30. The molecule has 116 valence electrons. The molecule has 3 rings (SSSR count). The molecule has 0 aliphatic heterocycles. The highest BCUT2D eigenvalue weighted by atomic mass is 15.2. The fourth-order valence-electron chi connectivity index (χ4n) is 3.30. The molecule has 0 N–H and O–H groups in total. The predicted octanol–water partition coefficient (Wildman–Crippen LogP) is 5.46. The van der Waals surface area contributed by atoms with Gasteiger partial charge in [0.05, 0.1) is 12.7 Å². The Kier molecular flexibility index (Phi) is 5.46. The lowest BCUT2D eigenvalue weighted by atomic mass is 9.86. The number of hydrogen-bond acceptors (Lipinski definition) is 4. The number of nitrogens with zero attached hydrogens (tertiary/aromatic N) is 4. The van der Waals surface area contributed by atoms with E-state index in [0.29, 0.717) is 5.82 Å². The van der Waals surface area contributed by atoms with Gasteiger partial charge in [-0.25, -0.2) is 0 Å². The minimum absolute atomic E-state index is 0.630. The van der Waals surface area contributed by atoms with E-state index >= 15 is 0 Å². The van der Waals surface area contributed by atoms with Gasteiger partial charge < -0.3 is 0 Å². The average Bonchev–Trinajstić information content (AvgIpc) is 2.59. The smallest absolute Gasteiger partial charge is 0.187 e. The molecule has 1 aliphatic rings. The molecule has 1 aromatic heterocycles. The third kappa shape index (κ3) is 4.09. The molecule has 1 aliphatic carbocycles. The Morgan fingerprint density at radius 2 is 1.91 bits per heavy atom. The van der Waals surface area contributed by atoms with Crippen LogP contribution in [0.4, 0.5) is 5.82 Å². The zero-order valence-electron chi connectivity index (χ0n) is 13.1. The fourth-order valence-corrected chi connectivity index (χ4v) is 3.30. The lowest BCUT2D eigenvalue weighted by molar-refractivity contribution is 0.330. The molecule has 1 aromatic carbocycles. The molecule has 4 heteroatoms. The second-order valence-electron chi connectivity index (χ2n) is 6.22. The molecule has 1 saturated carbocycles. The van der Waals surface area contributed by atoms with Gasteiger partial charge in [-0.3, -0.25) is 0 Å². The third-order valence-corrected chi connectivity index (χ3v) is 4.56. The lowest BCUT2D eigenvalue weighted by Gasteiger charge is -2.20. The SMILES string of the molecule is c1ccc2c(N=NCCCCC3CCCCC3)nncc2c1. The summed E-state index contributed by atoms with van der Waals surface area (Å²) in [6.45, 7) is 0.789. The summed E-state index contributed by atoms with van der Waals surface area (Å²) in [5, 5.41) is 18.7. The Morgan fingerprint density at radius 3 is 2.82 bits per heavy atom. The molecule has 1 fully saturated rings. The van der Waals surface area contributed by atoms with E-state index in [-0.39, 0.29) is 0 Å². The van der Waals surface area contributed by atoms with Crippen LogP contribution in [0, 0.1) is 5.92 Å². The number of fused-ring (bicyclic) bond motifs is 1. The van der Waals surface area contributed by atoms with Crippen LogP contribution in [0.1, 0.15) is 51.4 Å². The molecule has 0 bridgehead atoms. The summed E-state index contributed by atoms with van der Waals surface area (Å²) >= 11 is 0. The van der Waals surface area contributed by atoms with Crippen LogP contribution in [0.15, 0.2) is 40.7 Å². The van der Waals surface area contributed by atoms with Crippen molar-refractivity contribution >= 4 is 16.6 Å². The quantitative estimate of drug-likeness (QED) is 0.524. The van der Waals surface area contributed by atoms with Crippen LogP contribution in [0.2, 0.25) is 0 Å². The number of aromatic nitrogens is 2. The number of hydrogen-bond donors (Lipinski definition) is 0. The summed E-state index contributed by atoms with van der Waals surface area (Å²) < 4.78 is 0. The number of unbranched alkanes of at least 4 members (excludes halogenated alkanes) is 1. The Labute approximate surface area is 132 Å². The number of azo groups is 1. The zero-order valence-corrected chi connectivity index (χ0v) is 13.1. The van der Waals surface area contributed by atoms with Crippen LogP contribution >= 0.6 is 0 Å². The van der Waals surface area contributed by atoms with Crippen LogP contribution in [0.25, 0.3) is 10.8 Å². The van der Waals surface area contributed by atoms with E-state index < -0.39 is 0 Å². The molecule has 0 amide bonds. The molecule has 2 aromatic rings. The highest BCUT2D eigenvalue weighted by Gasteiger charge is 2.12. The van der Waals surface area contributed by atoms with E-state index in [2.05, 4.69) is 20.4 Å². The fraction of sp³-hybridized carbons (Fsp3) is 0.556. The van der Waals surface area contributed by atoms with Crippen molar-refractivity contribution in [2.24, 2.45) is 16.1 Å². The van der Waals surface area contributed by atoms with Crippen LogP contribution in [0.5, 0.6) is 0 Å². The summed E-state index contributed by atoms with van der Waals surface area (Å²) in [6.07, 6.45) is 12.7. The third-order valence-electron chi connectivity index (χ3n) is 4.56. The molecule has 0 atom stereocenters. The van der Waals surface area contributed by atoms with Gasteiger partial charge in [-0.2, -0.15) is 10.2 Å². The monoisotopic (exact) mass is 296 g/mol. The molecule has 0 saturated heterocycles. The molecular weight excluding hydrogens is 272 g/mol. The Balaban J connectivity index is 1.45. The van der Waals surface area contributed by atoms with Gasteiger partial charge in [-0.1, -0.05) is 69.2 Å². The summed E-state index contributed by atoms with van der Waals surface area (Å²) in [4.78, 5) is 0. The Hall–Kier alpha value is -1.84. The molecule has 0 radical (unpaired) electrons. The maximum atomic E-state index is 4.30. The highest BCUT2D eigenvalue weighted by Crippen LogP contribution is 2.27. The standard InChI is InChI=1S/C18H24N4/c1-2-8-15(9-3-1)10-6-7-13-19-21-18-17-12-5-4-11-16(17)14-20-22-18/h4-5,11-12,14-15H,1-3,6-10,13H2. The van der Waals surface area contributed by atoms with Gasteiger partial charge in [0, 0.05) is 10.8 Å². The predicted molar refractivity (Wildman–Crippen MR) is 89.3 cm³/mol. The first-order valence-electron chi connectivity index (χ1n) is 8.51. The minimum atomic E-state index is 0.630. The van der Waals surface area contributed by atoms with E-state index in [4.69, 9.17) is 0 Å². The number of benzene rings is 1. The van der Waals surface area contributed by atoms with Crippen molar-refractivity contribution in [3.8, 4) is 0 Å². The molecule has 4 nitrogen and oxygen atoms in total. The van der Waals surface area contributed by atoms with E-state index in [1.54, 1.807) is 6.20 Å². The Bertz CT molecular complexity index is 612. The maximum Gasteiger partial charge on any atom is 0.203 e. The molecule has 1 heterocycles. The van der Waals surface area contributed by atoms with Crippen LogP contribution in [0.3, 0.4) is 0 Å². The van der Waals surface area contributed by atoms with Gasteiger partial charge in [0.15, 0.2) is 0 Å². The number of rotatable bonds is 6. The van der Waals surface area contributed by atoms with Crippen LogP contribution < -0.4 is 0 Å². The van der Waals surface area contributed by atoms with Gasteiger partial charge >= 0.3 is 0 Å². The largest absolute Gasteiger partial charge is 0.203 e. The van der Waals surface area contributed by atoms with Gasteiger partial charge in [0.1, 0.15) is 0 Å². The van der Waals surface area contributed by atoms with Crippen LogP contribution in [-0.2, 0) is 0 Å². The first kappa shape index (κ1) is 15.1. The second-order valence-corrected chi connectivity index (χ2v) is 6.22. The van der Waals surface area contributed by atoms with E-state index in [1.807, 2.05) is 24.3 Å². The zero-order chi connectivity index (χ0) is 15.0. The first-order valence-corrected chi connectivity index (χ1v) is 8.51. The van der Waals surface area contributed by atoms with E-state index in [1.165, 1.54) is 44.9 Å². The van der Waals surface area contributed by atoms with Crippen molar-refractivity contribution in [3.63, 3.8) is 0 Å². The van der Waals surface area contributed by atoms with Gasteiger partial charge in [0.25, 0.3) is 0 Å². The topological polar surface area (TPSA) is 50.5 Å². The van der Waals surface area contributed by atoms with Crippen molar-refractivity contribution in [2.45, 2.75) is 51.4 Å². The van der Waals surface area contributed by atoms with Crippen molar-refractivity contribution in [3.05, 3.63) is 30.5 Å². The highest BCUT2D eigenvalue weighted by molar-refractivity contribution is 5.89. The first-order chi connectivity index (χ1) is 10.9. The Morgan fingerprint density at radius 1 is 1.05 bits per heavy atom. The van der Waals surface area contributed by atoms with E-state index in [9.17, 15) is 0 Å². The van der Waals surface area contributed by atoms with Gasteiger partial charge in [-0.05, 0) is 12.3 Å². The summed E-state index contributed by atoms with van der Waals surface area (Å²) in [7, 11) is 0. The van der Waals surface area contributed by atoms with Gasteiger partial charge in [0.2, 0.25) is 5.82 Å². The minimum Gasteiger partial charge on any atom is -0.187 e. The van der Waals surface area contributed by atoms with Crippen molar-refractivity contribution in [1.29, 1.82) is 0 Å². The van der Waals surface area contributed by atoms with Crippen molar-refractivity contribution in [2.75, 3.05) is 6.54 Å². The second kappa shape index (κ2) is 7.97. The lowest BCUT2D eigenvalue weighted by Crippen LogP contribution is -2.05. The van der Waals surface area contributed by atoms with E-state index in [0.717, 1.165) is 29.7 Å². The molecule has 22 heavy (non-hydrogen) atoms. The van der Waals surface area contributed by atoms with Gasteiger partial charge in [-0.15, -0.1) is 10.2 Å². The van der Waals surface area contributed by atoms with Crippen LogP contribution in [-0.4, -0.2) is 16.7 Å². The van der Waals surface area contributed by atoms with Crippen molar-refractivity contribution in [1.82, 2.24) is 10.2 Å². The summed E-state index contributed by atoms with van der Waals surface area (Å²) in [5.74, 6) is 1.60. The average molecular weight is 296 g/mol. The molecule has 0 spiro atoms. The van der Waals surface area contributed by atoms with Crippen molar-refractivity contribution < 1.29 is 0 Å². The summed E-state index contributed by atoms with van der Waals surface area (Å²) in [5.41, 5.74) is 0. The molecule has 0 unspecified atom stereocenters. The normalized spacial score (nSPS) is 16.5. The molecular formula is C18H24N4. The summed E-state index contributed by atoms with van der Waals surface area (Å²) in [6, 6.07) is 8.03.